The van der Waals surface area contributed by atoms with E-state index in [1.165, 1.54) is 12.1 Å². The molecule has 0 saturated heterocycles. The largest absolute Gasteiger partial charge is 0.271 e. The van der Waals surface area contributed by atoms with Gasteiger partial charge in [-0.05, 0) is 41.8 Å². The number of unbranched alkanes of at least 4 members (excludes halogenated alkanes) is 1. The van der Waals surface area contributed by atoms with Crippen molar-refractivity contribution in [3.63, 3.8) is 0 Å². The smallest absolute Gasteiger partial charge is 0.123 e. The third-order valence-corrected chi connectivity index (χ3v) is 3.06. The minimum absolute atomic E-state index is 0.237. The van der Waals surface area contributed by atoms with Crippen molar-refractivity contribution in [2.75, 3.05) is 0 Å². The lowest BCUT2D eigenvalue weighted by Gasteiger charge is -2.12. The van der Waals surface area contributed by atoms with E-state index < -0.39 is 0 Å². The first kappa shape index (κ1) is 15.3. The summed E-state index contributed by atoms with van der Waals surface area (Å²) in [6, 6.07) is 16.3. The molecule has 0 aliphatic heterocycles. The Kier molecular flexibility index (Phi) is 5.98. The van der Waals surface area contributed by atoms with Crippen LogP contribution in [-0.4, -0.2) is 0 Å². The third kappa shape index (κ3) is 5.04. The Morgan fingerprint density at radius 3 is 2.48 bits per heavy atom. The number of hydroxylamine groups is 1. The highest BCUT2D eigenvalue weighted by atomic mass is 19.1. The van der Waals surface area contributed by atoms with Crippen LogP contribution in [0.15, 0.2) is 60.7 Å². The highest BCUT2D eigenvalue weighted by Gasteiger charge is 2.02. The first-order chi connectivity index (χ1) is 10.3. The molecule has 2 rings (SSSR count). The maximum absolute atomic E-state index is 13.0. The van der Waals surface area contributed by atoms with Crippen LogP contribution in [0.25, 0.3) is 5.70 Å². The van der Waals surface area contributed by atoms with Crippen molar-refractivity contribution in [1.82, 2.24) is 5.48 Å². The molecule has 0 aliphatic rings. The average Bonchev–Trinajstić information content (AvgIpc) is 2.53. The summed E-state index contributed by atoms with van der Waals surface area (Å²) in [7, 11) is 0. The number of hydrogen-bond acceptors (Lipinski definition) is 2. The van der Waals surface area contributed by atoms with E-state index in [4.69, 9.17) is 4.84 Å². The third-order valence-electron chi connectivity index (χ3n) is 3.06. The van der Waals surface area contributed by atoms with Crippen LogP contribution in [0.5, 0.6) is 0 Å². The van der Waals surface area contributed by atoms with Crippen molar-refractivity contribution in [1.29, 1.82) is 0 Å². The second kappa shape index (κ2) is 8.22. The lowest BCUT2D eigenvalue weighted by atomic mass is 10.1. The van der Waals surface area contributed by atoms with Gasteiger partial charge in [-0.25, -0.2) is 4.39 Å². The average molecular weight is 285 g/mol. The maximum atomic E-state index is 13.0. The lowest BCUT2D eigenvalue weighted by Crippen LogP contribution is -2.13. The van der Waals surface area contributed by atoms with E-state index in [2.05, 4.69) is 18.5 Å². The van der Waals surface area contributed by atoms with Gasteiger partial charge in [0, 0.05) is 0 Å². The molecular formula is C18H20FNO. The molecule has 2 aromatic rings. The Labute approximate surface area is 125 Å². The Morgan fingerprint density at radius 2 is 1.81 bits per heavy atom. The van der Waals surface area contributed by atoms with Crippen LogP contribution < -0.4 is 5.48 Å². The van der Waals surface area contributed by atoms with Gasteiger partial charge in [0.15, 0.2) is 0 Å². The van der Waals surface area contributed by atoms with E-state index >= 15 is 0 Å². The normalized spacial score (nSPS) is 11.4. The quantitative estimate of drug-likeness (QED) is 0.745. The molecule has 0 saturated carbocycles. The molecule has 3 heteroatoms. The van der Waals surface area contributed by atoms with Crippen LogP contribution in [0, 0.1) is 5.82 Å². The zero-order chi connectivity index (χ0) is 14.9. The van der Waals surface area contributed by atoms with Crippen LogP contribution in [0.4, 0.5) is 4.39 Å². The molecule has 0 amide bonds. The van der Waals surface area contributed by atoms with Gasteiger partial charge >= 0.3 is 0 Å². The van der Waals surface area contributed by atoms with E-state index in [0.717, 1.165) is 29.7 Å². The Morgan fingerprint density at radius 1 is 1.10 bits per heavy atom. The zero-order valence-electron chi connectivity index (χ0n) is 12.2. The van der Waals surface area contributed by atoms with E-state index in [-0.39, 0.29) is 5.82 Å². The molecular weight excluding hydrogens is 265 g/mol. The summed E-state index contributed by atoms with van der Waals surface area (Å²) < 4.78 is 13.0. The monoisotopic (exact) mass is 285 g/mol. The van der Waals surface area contributed by atoms with Gasteiger partial charge in [0.05, 0.1) is 12.3 Å². The molecule has 0 atom stereocenters. The van der Waals surface area contributed by atoms with Crippen LogP contribution >= 0.6 is 0 Å². The number of hydrogen-bond donors (Lipinski definition) is 1. The summed E-state index contributed by atoms with van der Waals surface area (Å²) >= 11 is 0. The number of allylic oxidation sites excluding steroid dienone is 1. The SMILES string of the molecule is CCCC=C(NOCc1ccccc1)c1ccc(F)cc1. The van der Waals surface area contributed by atoms with Crippen molar-refractivity contribution in [2.24, 2.45) is 0 Å². The fourth-order valence-corrected chi connectivity index (χ4v) is 1.91. The fraction of sp³-hybridized carbons (Fsp3) is 0.222. The van der Waals surface area contributed by atoms with Crippen molar-refractivity contribution in [3.8, 4) is 0 Å². The van der Waals surface area contributed by atoms with Gasteiger partial charge in [0.25, 0.3) is 0 Å². The van der Waals surface area contributed by atoms with Gasteiger partial charge in [0.1, 0.15) is 5.82 Å². The highest BCUT2D eigenvalue weighted by Crippen LogP contribution is 2.14. The molecule has 0 heterocycles. The van der Waals surface area contributed by atoms with E-state index in [9.17, 15) is 4.39 Å². The molecule has 0 aliphatic carbocycles. The minimum Gasteiger partial charge on any atom is -0.271 e. The maximum Gasteiger partial charge on any atom is 0.123 e. The Balaban J connectivity index is 1.98. The van der Waals surface area contributed by atoms with Crippen molar-refractivity contribution >= 4 is 5.70 Å². The molecule has 0 unspecified atom stereocenters. The fourth-order valence-electron chi connectivity index (χ4n) is 1.91. The molecule has 0 radical (unpaired) electrons. The zero-order valence-corrected chi connectivity index (χ0v) is 12.2. The van der Waals surface area contributed by atoms with Gasteiger partial charge in [-0.15, -0.1) is 0 Å². The van der Waals surface area contributed by atoms with Crippen LogP contribution in [0.2, 0.25) is 0 Å². The second-order valence-corrected chi connectivity index (χ2v) is 4.79. The molecule has 110 valence electrons. The first-order valence-corrected chi connectivity index (χ1v) is 7.17. The summed E-state index contributed by atoms with van der Waals surface area (Å²) in [6.45, 7) is 2.59. The van der Waals surface area contributed by atoms with Gasteiger partial charge in [0.2, 0.25) is 0 Å². The van der Waals surface area contributed by atoms with Crippen LogP contribution in [0.3, 0.4) is 0 Å². The minimum atomic E-state index is -0.237. The molecule has 21 heavy (non-hydrogen) atoms. The lowest BCUT2D eigenvalue weighted by molar-refractivity contribution is 0.0645. The van der Waals surface area contributed by atoms with Gasteiger partial charge in [-0.2, -0.15) is 0 Å². The van der Waals surface area contributed by atoms with E-state index in [0.29, 0.717) is 6.61 Å². The summed E-state index contributed by atoms with van der Waals surface area (Å²) in [6.07, 6.45) is 4.05. The topological polar surface area (TPSA) is 21.3 Å². The van der Waals surface area contributed by atoms with E-state index in [1.807, 2.05) is 30.3 Å². The number of halogens is 1. The molecule has 0 spiro atoms. The van der Waals surface area contributed by atoms with Gasteiger partial charge in [-0.1, -0.05) is 49.8 Å². The standard InChI is InChI=1S/C18H20FNO/c1-2-3-9-18(16-10-12-17(19)13-11-16)20-21-14-15-7-5-4-6-8-15/h4-13,20H,2-3,14H2,1H3. The van der Waals surface area contributed by atoms with E-state index in [1.54, 1.807) is 12.1 Å². The predicted octanol–water partition coefficient (Wildman–Crippen LogP) is 4.69. The second-order valence-electron chi connectivity index (χ2n) is 4.79. The van der Waals surface area contributed by atoms with Crippen molar-refractivity contribution < 1.29 is 9.23 Å². The summed E-state index contributed by atoms with van der Waals surface area (Å²) in [5.74, 6) is -0.237. The summed E-state index contributed by atoms with van der Waals surface area (Å²) in [4.78, 5) is 5.55. The molecule has 2 aromatic carbocycles. The highest BCUT2D eigenvalue weighted by molar-refractivity contribution is 5.62. The molecule has 0 fully saturated rings. The molecule has 0 aromatic heterocycles. The van der Waals surface area contributed by atoms with Crippen molar-refractivity contribution in [3.05, 3.63) is 77.6 Å². The van der Waals surface area contributed by atoms with Crippen molar-refractivity contribution in [2.45, 2.75) is 26.4 Å². The molecule has 1 N–H and O–H groups in total. The summed E-state index contributed by atoms with van der Waals surface area (Å²) in [5, 5.41) is 0. The molecule has 2 nitrogen and oxygen atoms in total. The molecule has 0 bridgehead atoms. The first-order valence-electron chi connectivity index (χ1n) is 7.17. The van der Waals surface area contributed by atoms with Gasteiger partial charge < -0.3 is 0 Å². The number of nitrogens with one attached hydrogen (secondary N) is 1. The number of benzene rings is 2. The van der Waals surface area contributed by atoms with Crippen LogP contribution in [0.1, 0.15) is 30.9 Å². The van der Waals surface area contributed by atoms with Crippen LogP contribution in [-0.2, 0) is 11.4 Å². The number of rotatable bonds is 7. The van der Waals surface area contributed by atoms with Gasteiger partial charge in [-0.3, -0.25) is 10.3 Å². The predicted molar refractivity (Wildman–Crippen MR) is 83.7 cm³/mol. The summed E-state index contributed by atoms with van der Waals surface area (Å²) in [5.41, 5.74) is 5.86. The Bertz CT molecular complexity index is 564. The Hall–Kier alpha value is -2.13.